The third-order valence-electron chi connectivity index (χ3n) is 6.95. The minimum atomic E-state index is -2.04. The quantitative estimate of drug-likeness (QED) is 0.369. The van der Waals surface area contributed by atoms with Crippen molar-refractivity contribution in [3.05, 3.63) is 41.5 Å². The van der Waals surface area contributed by atoms with Crippen LogP contribution in [0.2, 0.25) is 19.6 Å². The molecule has 1 unspecified atom stereocenters. The number of hydrogen-bond donors (Lipinski definition) is 0. The number of carbonyl (C=O) groups excluding carboxylic acids is 1. The van der Waals surface area contributed by atoms with E-state index in [4.69, 9.17) is 18.6 Å². The van der Waals surface area contributed by atoms with E-state index in [1.807, 2.05) is 24.3 Å². The van der Waals surface area contributed by atoms with Crippen LogP contribution < -0.4 is 4.74 Å². The Balaban J connectivity index is 1.78. The molecule has 4 rings (SSSR count). The third kappa shape index (κ3) is 3.58. The van der Waals surface area contributed by atoms with Gasteiger partial charge in [-0.1, -0.05) is 30.7 Å². The minimum Gasteiger partial charge on any atom is -0.497 e. The molecule has 30 heavy (non-hydrogen) atoms. The van der Waals surface area contributed by atoms with Crippen LogP contribution in [0.5, 0.6) is 5.75 Å². The number of rotatable bonds is 5. The Kier molecular flexibility index (Phi) is 5.50. The molecular weight excluding hydrogens is 396 g/mol. The fourth-order valence-electron chi connectivity index (χ4n) is 5.50. The number of ether oxygens (including phenoxy) is 3. The lowest BCUT2D eigenvalue weighted by Gasteiger charge is -2.57. The van der Waals surface area contributed by atoms with Gasteiger partial charge >= 0.3 is 0 Å². The molecule has 2 aliphatic carbocycles. The summed E-state index contributed by atoms with van der Waals surface area (Å²) in [5, 5.41) is 0. The van der Waals surface area contributed by atoms with Crippen molar-refractivity contribution in [2.75, 3.05) is 20.3 Å². The molecule has 1 aliphatic heterocycles. The topological polar surface area (TPSA) is 54.0 Å². The zero-order valence-electron chi connectivity index (χ0n) is 18.9. The van der Waals surface area contributed by atoms with Crippen LogP contribution in [-0.4, -0.2) is 45.8 Å². The van der Waals surface area contributed by atoms with Crippen molar-refractivity contribution >= 4 is 14.1 Å². The number of methoxy groups -OCH3 is 1. The van der Waals surface area contributed by atoms with Crippen molar-refractivity contribution in [2.24, 2.45) is 5.41 Å². The van der Waals surface area contributed by atoms with Crippen molar-refractivity contribution in [3.63, 3.8) is 0 Å². The van der Waals surface area contributed by atoms with Crippen LogP contribution in [0.1, 0.15) is 49.4 Å². The predicted octanol–water partition coefficient (Wildman–Crippen LogP) is 5.12. The lowest BCUT2D eigenvalue weighted by atomic mass is 9.55. The van der Waals surface area contributed by atoms with E-state index in [0.29, 0.717) is 37.4 Å². The summed E-state index contributed by atoms with van der Waals surface area (Å²) in [7, 11) is -0.412. The second kappa shape index (κ2) is 7.59. The molecule has 2 atom stereocenters. The van der Waals surface area contributed by atoms with Crippen molar-refractivity contribution in [3.8, 4) is 5.75 Å². The van der Waals surface area contributed by atoms with E-state index in [2.05, 4.69) is 32.6 Å². The summed E-state index contributed by atoms with van der Waals surface area (Å²) in [5.74, 6) is 0.240. The van der Waals surface area contributed by atoms with Gasteiger partial charge in [-0.15, -0.1) is 0 Å². The molecule has 0 N–H and O–H groups in total. The number of hydrogen-bond acceptors (Lipinski definition) is 5. The summed E-state index contributed by atoms with van der Waals surface area (Å²) in [5.41, 5.74) is 0.639. The Morgan fingerprint density at radius 2 is 1.83 bits per heavy atom. The van der Waals surface area contributed by atoms with E-state index in [0.717, 1.165) is 19.3 Å². The first-order valence-corrected chi connectivity index (χ1v) is 14.4. The molecule has 1 saturated heterocycles. The standard InChI is InChI=1S/C24H34O5Si/c1-22-12-13-23(27-14-15-28-23)17-19(22)9-7-11-24(22,29-30(3,4)5)21(25)18-8-6-10-20(16-18)26-2/h6,8-10,16H,7,11-15,17H2,1-5H3/t22-,24?/m0/s1. The molecule has 6 heteroatoms. The molecule has 0 aromatic heterocycles. The van der Waals surface area contributed by atoms with Crippen LogP contribution in [-0.2, 0) is 13.9 Å². The predicted molar refractivity (Wildman–Crippen MR) is 118 cm³/mol. The van der Waals surface area contributed by atoms with Crippen LogP contribution in [0.25, 0.3) is 0 Å². The molecule has 2 fully saturated rings. The van der Waals surface area contributed by atoms with Crippen molar-refractivity contribution in [1.82, 2.24) is 0 Å². The lowest BCUT2D eigenvalue weighted by Crippen LogP contribution is -2.63. The highest BCUT2D eigenvalue weighted by molar-refractivity contribution is 6.70. The molecule has 164 valence electrons. The molecule has 0 bridgehead atoms. The monoisotopic (exact) mass is 430 g/mol. The number of benzene rings is 1. The average Bonchev–Trinajstić information content (AvgIpc) is 3.16. The van der Waals surface area contributed by atoms with Crippen molar-refractivity contribution in [1.29, 1.82) is 0 Å². The summed E-state index contributed by atoms with van der Waals surface area (Å²) in [4.78, 5) is 14.2. The Morgan fingerprint density at radius 3 is 2.50 bits per heavy atom. The van der Waals surface area contributed by atoms with Gasteiger partial charge in [0.25, 0.3) is 0 Å². The van der Waals surface area contributed by atoms with Gasteiger partial charge in [-0.2, -0.15) is 0 Å². The van der Waals surface area contributed by atoms with Gasteiger partial charge < -0.3 is 18.6 Å². The molecule has 3 aliphatic rings. The number of Topliss-reactive ketones (excluding diaryl/α,β-unsaturated/α-hetero) is 1. The number of fused-ring (bicyclic) bond motifs is 1. The summed E-state index contributed by atoms with van der Waals surface area (Å²) in [6, 6.07) is 7.48. The van der Waals surface area contributed by atoms with Gasteiger partial charge in [0, 0.05) is 23.8 Å². The van der Waals surface area contributed by atoms with Gasteiger partial charge in [-0.05, 0) is 51.0 Å². The average molecular weight is 431 g/mol. The van der Waals surface area contributed by atoms with E-state index >= 15 is 0 Å². The second-order valence-electron chi connectivity index (χ2n) is 9.99. The smallest absolute Gasteiger partial charge is 0.194 e. The Morgan fingerprint density at radius 1 is 1.10 bits per heavy atom. The number of allylic oxidation sites excluding steroid dienone is 1. The van der Waals surface area contributed by atoms with E-state index in [-0.39, 0.29) is 11.2 Å². The van der Waals surface area contributed by atoms with Gasteiger partial charge in [0.05, 0.1) is 20.3 Å². The zero-order valence-corrected chi connectivity index (χ0v) is 19.9. The highest BCUT2D eigenvalue weighted by atomic mass is 28.4. The third-order valence-corrected chi connectivity index (χ3v) is 7.91. The van der Waals surface area contributed by atoms with Gasteiger partial charge in [0.2, 0.25) is 0 Å². The second-order valence-corrected chi connectivity index (χ2v) is 14.4. The van der Waals surface area contributed by atoms with Gasteiger partial charge in [-0.25, -0.2) is 0 Å². The maximum Gasteiger partial charge on any atom is 0.194 e. The van der Waals surface area contributed by atoms with E-state index < -0.39 is 19.7 Å². The molecular formula is C24H34O5Si. The molecule has 1 heterocycles. The van der Waals surface area contributed by atoms with E-state index in [1.165, 1.54) is 5.57 Å². The molecule has 1 saturated carbocycles. The van der Waals surface area contributed by atoms with Crippen LogP contribution in [0.15, 0.2) is 35.9 Å². The van der Waals surface area contributed by atoms with Crippen molar-refractivity contribution < 1.29 is 23.4 Å². The Bertz CT molecular complexity index is 851. The fourth-order valence-corrected chi connectivity index (χ4v) is 6.96. The van der Waals surface area contributed by atoms with Crippen LogP contribution in [0.4, 0.5) is 0 Å². The number of carbonyl (C=O) groups is 1. The van der Waals surface area contributed by atoms with Crippen LogP contribution in [0.3, 0.4) is 0 Å². The van der Waals surface area contributed by atoms with E-state index in [1.54, 1.807) is 7.11 Å². The zero-order chi connectivity index (χ0) is 21.6. The molecule has 1 aromatic rings. The SMILES string of the molecule is COc1cccc(C(=O)C2(O[Si](C)(C)C)CCC=C3CC4(CC[C@@]32C)OCCO4)c1. The summed E-state index contributed by atoms with van der Waals surface area (Å²) in [6.07, 6.45) is 6.12. The highest BCUT2D eigenvalue weighted by Crippen LogP contribution is 2.59. The largest absolute Gasteiger partial charge is 0.497 e. The van der Waals surface area contributed by atoms with Gasteiger partial charge in [0.15, 0.2) is 19.9 Å². The molecule has 0 radical (unpaired) electrons. The van der Waals surface area contributed by atoms with E-state index in [9.17, 15) is 4.79 Å². The maximum absolute atomic E-state index is 14.2. The normalized spacial score (nSPS) is 30.6. The Hall–Kier alpha value is -1.47. The molecule has 1 spiro atoms. The van der Waals surface area contributed by atoms with Crippen LogP contribution >= 0.6 is 0 Å². The lowest BCUT2D eigenvalue weighted by molar-refractivity contribution is -0.187. The Labute approximate surface area is 180 Å². The summed E-state index contributed by atoms with van der Waals surface area (Å²) in [6.45, 7) is 10.0. The van der Waals surface area contributed by atoms with Crippen molar-refractivity contribution in [2.45, 2.75) is 70.1 Å². The van der Waals surface area contributed by atoms with Gasteiger partial charge in [0.1, 0.15) is 11.4 Å². The maximum atomic E-state index is 14.2. The summed E-state index contributed by atoms with van der Waals surface area (Å²) < 4.78 is 24.3. The first-order chi connectivity index (χ1) is 14.1. The minimum absolute atomic E-state index is 0.0705. The summed E-state index contributed by atoms with van der Waals surface area (Å²) >= 11 is 0. The molecule has 5 nitrogen and oxygen atoms in total. The molecule has 0 amide bonds. The molecule has 1 aromatic carbocycles. The number of ketones is 1. The highest BCUT2D eigenvalue weighted by Gasteiger charge is 2.62. The first-order valence-electron chi connectivity index (χ1n) is 11.0. The fraction of sp³-hybridized carbons (Fsp3) is 0.625. The van der Waals surface area contributed by atoms with Crippen LogP contribution in [0, 0.1) is 5.41 Å². The first kappa shape index (κ1) is 21.7. The van der Waals surface area contributed by atoms with Gasteiger partial charge in [-0.3, -0.25) is 4.79 Å².